The molecule has 0 aliphatic rings. The lowest BCUT2D eigenvalue weighted by Crippen LogP contribution is -2.37. The Morgan fingerprint density at radius 1 is 1.31 bits per heavy atom. The van der Waals surface area contributed by atoms with E-state index in [1.165, 1.54) is 30.8 Å². The van der Waals surface area contributed by atoms with Crippen LogP contribution in [-0.4, -0.2) is 43.5 Å². The van der Waals surface area contributed by atoms with Gasteiger partial charge in [-0.05, 0) is 37.6 Å². The van der Waals surface area contributed by atoms with E-state index < -0.39 is 41.8 Å². The van der Waals surface area contributed by atoms with E-state index in [4.69, 9.17) is 5.26 Å². The Hall–Kier alpha value is -4.47. The van der Waals surface area contributed by atoms with Gasteiger partial charge in [-0.25, -0.2) is 13.2 Å². The predicted octanol–water partition coefficient (Wildman–Crippen LogP) is 2.80. The second-order valence-corrected chi connectivity index (χ2v) is 7.91. The van der Waals surface area contributed by atoms with Gasteiger partial charge in [0.05, 0.1) is 17.8 Å². The number of aromatic amines is 1. The summed E-state index contributed by atoms with van der Waals surface area (Å²) in [5, 5.41) is 23.2. The van der Waals surface area contributed by atoms with Gasteiger partial charge in [0.25, 0.3) is 17.6 Å². The molecule has 2 amide bonds. The van der Waals surface area contributed by atoms with Gasteiger partial charge in [-0.15, -0.1) is 0 Å². The zero-order valence-corrected chi connectivity index (χ0v) is 18.8. The largest absolute Gasteiger partial charge is 0.346 e. The molecule has 2 heterocycles. The summed E-state index contributed by atoms with van der Waals surface area (Å²) in [6, 6.07) is 3.82. The van der Waals surface area contributed by atoms with Crippen molar-refractivity contribution >= 4 is 23.3 Å². The molecule has 0 radical (unpaired) electrons. The summed E-state index contributed by atoms with van der Waals surface area (Å²) in [6.07, 6.45) is 1.60. The van der Waals surface area contributed by atoms with Gasteiger partial charge in [0.1, 0.15) is 23.3 Å². The Labute approximate surface area is 197 Å². The Balaban J connectivity index is 1.82. The van der Waals surface area contributed by atoms with Crippen molar-refractivity contribution in [3.05, 3.63) is 64.5 Å². The fraction of sp³-hybridized carbons (Fsp3) is 0.273. The van der Waals surface area contributed by atoms with Crippen LogP contribution in [0.5, 0.6) is 0 Å². The monoisotopic (exact) mass is 487 g/mol. The highest BCUT2D eigenvalue weighted by Gasteiger charge is 2.33. The van der Waals surface area contributed by atoms with Crippen molar-refractivity contribution in [3.63, 3.8) is 0 Å². The van der Waals surface area contributed by atoms with Gasteiger partial charge in [0.15, 0.2) is 0 Å². The maximum Gasteiger partial charge on any atom is 0.293 e. The molecule has 2 aromatic heterocycles. The standard InChI is InChI=1S/C22H20F3N7O3/c1-11-14(19(33)21(35)29-16(7-22(2,24)25)17-9-27-31-30-17)10-32(3)18(11)20(34)28-13-4-5-15(23)12(6-13)8-26/h4-6,9-10,16H,7H2,1-3H3,(H,28,34)(H,29,35)(H,27,30,31)/t16-/m1/s1. The molecule has 1 aromatic carbocycles. The molecule has 3 aromatic rings. The van der Waals surface area contributed by atoms with Crippen LogP contribution in [0.4, 0.5) is 18.9 Å². The van der Waals surface area contributed by atoms with Crippen LogP contribution in [0.3, 0.4) is 0 Å². The molecule has 0 bridgehead atoms. The molecule has 0 fully saturated rings. The van der Waals surface area contributed by atoms with E-state index in [2.05, 4.69) is 26.0 Å². The lowest BCUT2D eigenvalue weighted by Gasteiger charge is -2.19. The Bertz CT molecular complexity index is 1320. The third-order valence-electron chi connectivity index (χ3n) is 5.10. The van der Waals surface area contributed by atoms with Crippen LogP contribution in [0, 0.1) is 24.1 Å². The molecule has 3 N–H and O–H groups in total. The number of nitriles is 1. The maximum atomic E-state index is 13.6. The summed E-state index contributed by atoms with van der Waals surface area (Å²) in [4.78, 5) is 38.3. The van der Waals surface area contributed by atoms with Gasteiger partial charge in [-0.3, -0.25) is 14.4 Å². The molecule has 0 aliphatic carbocycles. The fourth-order valence-electron chi connectivity index (χ4n) is 3.50. The number of aryl methyl sites for hydroxylation is 1. The molecule has 182 valence electrons. The highest BCUT2D eigenvalue weighted by Crippen LogP contribution is 2.27. The molecule has 0 saturated carbocycles. The Morgan fingerprint density at radius 2 is 2.03 bits per heavy atom. The second kappa shape index (κ2) is 9.80. The van der Waals surface area contributed by atoms with Gasteiger partial charge in [0.2, 0.25) is 5.92 Å². The third-order valence-corrected chi connectivity index (χ3v) is 5.10. The highest BCUT2D eigenvalue weighted by atomic mass is 19.3. The minimum absolute atomic E-state index is 0.0218. The molecular formula is C22H20F3N7O3. The number of H-pyrrole nitrogens is 1. The molecule has 10 nitrogen and oxygen atoms in total. The lowest BCUT2D eigenvalue weighted by atomic mass is 10.0. The van der Waals surface area contributed by atoms with E-state index in [9.17, 15) is 27.6 Å². The van der Waals surface area contributed by atoms with Crippen LogP contribution in [0.15, 0.2) is 30.6 Å². The number of nitrogens with one attached hydrogen (secondary N) is 3. The Kier molecular flexibility index (Phi) is 7.04. The number of aromatic nitrogens is 4. The third kappa shape index (κ3) is 5.72. The van der Waals surface area contributed by atoms with Gasteiger partial charge >= 0.3 is 0 Å². The quantitative estimate of drug-likeness (QED) is 0.329. The number of hydrogen-bond donors (Lipinski definition) is 3. The number of alkyl halides is 2. The first kappa shape index (κ1) is 25.2. The van der Waals surface area contributed by atoms with Crippen LogP contribution in [0.1, 0.15) is 57.1 Å². The summed E-state index contributed by atoms with van der Waals surface area (Å²) < 4.78 is 42.1. The average molecular weight is 487 g/mol. The number of carbonyl (C=O) groups is 3. The fourth-order valence-corrected chi connectivity index (χ4v) is 3.50. The smallest absolute Gasteiger partial charge is 0.293 e. The van der Waals surface area contributed by atoms with Crippen molar-refractivity contribution in [1.29, 1.82) is 5.26 Å². The molecule has 0 unspecified atom stereocenters. The van der Waals surface area contributed by atoms with Gasteiger partial charge in [-0.1, -0.05) is 0 Å². The summed E-state index contributed by atoms with van der Waals surface area (Å²) in [5.74, 6) is -6.80. The summed E-state index contributed by atoms with van der Waals surface area (Å²) in [7, 11) is 1.47. The van der Waals surface area contributed by atoms with Gasteiger partial charge in [0, 0.05) is 30.9 Å². The first-order valence-corrected chi connectivity index (χ1v) is 10.2. The van der Waals surface area contributed by atoms with Crippen molar-refractivity contribution in [2.75, 3.05) is 5.32 Å². The van der Waals surface area contributed by atoms with E-state index >= 15 is 0 Å². The summed E-state index contributed by atoms with van der Waals surface area (Å²) in [5.41, 5.74) is -0.0280. The topological polar surface area (TPSA) is 146 Å². The minimum atomic E-state index is -3.17. The number of hydrogen-bond acceptors (Lipinski definition) is 6. The van der Waals surface area contributed by atoms with Crippen LogP contribution < -0.4 is 10.6 Å². The van der Waals surface area contributed by atoms with Crippen molar-refractivity contribution in [2.45, 2.75) is 32.2 Å². The minimum Gasteiger partial charge on any atom is -0.346 e. The van der Waals surface area contributed by atoms with E-state index in [1.54, 1.807) is 6.07 Å². The molecule has 0 spiro atoms. The Morgan fingerprint density at radius 3 is 2.63 bits per heavy atom. The second-order valence-electron chi connectivity index (χ2n) is 7.91. The van der Waals surface area contributed by atoms with Crippen molar-refractivity contribution in [2.24, 2.45) is 7.05 Å². The van der Waals surface area contributed by atoms with E-state index in [0.717, 1.165) is 18.3 Å². The number of benzene rings is 1. The molecule has 0 saturated heterocycles. The maximum absolute atomic E-state index is 13.6. The molecule has 13 heteroatoms. The van der Waals surface area contributed by atoms with Crippen LogP contribution in [0.2, 0.25) is 0 Å². The molecular weight excluding hydrogens is 467 g/mol. The highest BCUT2D eigenvalue weighted by molar-refractivity contribution is 6.43. The zero-order valence-electron chi connectivity index (χ0n) is 18.8. The molecule has 0 aliphatic heterocycles. The first-order chi connectivity index (χ1) is 16.4. The number of anilines is 1. The number of Topliss-reactive ketones (excluding diaryl/α,β-unsaturated/α-hetero) is 1. The SMILES string of the molecule is Cc1c(C(=O)C(=O)N[C@H](CC(C)(F)F)c2cn[nH]n2)cn(C)c1C(=O)Nc1ccc(F)c(C#N)c1. The number of rotatable bonds is 8. The average Bonchev–Trinajstić information content (AvgIpc) is 3.41. The predicted molar refractivity (Wildman–Crippen MR) is 116 cm³/mol. The van der Waals surface area contributed by atoms with Gasteiger partial charge < -0.3 is 15.2 Å². The molecule has 1 atom stereocenters. The van der Waals surface area contributed by atoms with Crippen molar-refractivity contribution < 1.29 is 27.6 Å². The van der Waals surface area contributed by atoms with Gasteiger partial charge in [-0.2, -0.15) is 20.7 Å². The molecule has 35 heavy (non-hydrogen) atoms. The van der Waals surface area contributed by atoms with E-state index in [1.807, 2.05) is 0 Å². The summed E-state index contributed by atoms with van der Waals surface area (Å²) >= 11 is 0. The number of halogens is 3. The van der Waals surface area contributed by atoms with Crippen LogP contribution in [0.25, 0.3) is 0 Å². The summed E-state index contributed by atoms with van der Waals surface area (Å²) in [6.45, 7) is 2.11. The number of carbonyl (C=O) groups excluding carboxylic acids is 3. The number of nitrogens with zero attached hydrogens (tertiary/aromatic N) is 4. The van der Waals surface area contributed by atoms with Crippen LogP contribution >= 0.6 is 0 Å². The zero-order chi connectivity index (χ0) is 25.9. The normalized spacial score (nSPS) is 12.0. The number of amides is 2. The van der Waals surface area contributed by atoms with Crippen LogP contribution in [-0.2, 0) is 11.8 Å². The number of ketones is 1. The molecule has 3 rings (SSSR count). The van der Waals surface area contributed by atoms with E-state index in [0.29, 0.717) is 6.92 Å². The van der Waals surface area contributed by atoms with E-state index in [-0.39, 0.29) is 33.8 Å². The van der Waals surface area contributed by atoms with Crippen molar-refractivity contribution in [3.8, 4) is 6.07 Å². The first-order valence-electron chi connectivity index (χ1n) is 10.2. The van der Waals surface area contributed by atoms with Crippen molar-refractivity contribution in [1.82, 2.24) is 25.3 Å². The lowest BCUT2D eigenvalue weighted by molar-refractivity contribution is -0.118.